The lowest BCUT2D eigenvalue weighted by molar-refractivity contribution is -0.149. The Kier molecular flexibility index (Phi) is 20.4. The number of aliphatic hydroxyl groups excluding tert-OH is 2. The first-order valence-corrected chi connectivity index (χ1v) is 26.1. The summed E-state index contributed by atoms with van der Waals surface area (Å²) in [5.74, 6) is -5.90. The molecule has 4 aromatic carbocycles. The van der Waals surface area contributed by atoms with E-state index in [0.29, 0.717) is 12.6 Å². The molecule has 3 saturated heterocycles. The molecule has 0 saturated carbocycles. The van der Waals surface area contributed by atoms with Gasteiger partial charge in [-0.15, -0.1) is 6.58 Å². The van der Waals surface area contributed by atoms with E-state index >= 15 is 0 Å². The monoisotopic (exact) mass is 1100 g/mol. The van der Waals surface area contributed by atoms with Crippen LogP contribution in [0.15, 0.2) is 110 Å². The minimum Gasteiger partial charge on any atom is -0.444 e. The van der Waals surface area contributed by atoms with E-state index in [1.54, 1.807) is 52.5 Å². The van der Waals surface area contributed by atoms with Crippen LogP contribution in [0.3, 0.4) is 0 Å². The van der Waals surface area contributed by atoms with Crippen LogP contribution in [0.1, 0.15) is 70.2 Å². The van der Waals surface area contributed by atoms with E-state index < -0.39 is 107 Å². The highest BCUT2D eigenvalue weighted by Crippen LogP contribution is 2.27. The van der Waals surface area contributed by atoms with E-state index in [9.17, 15) is 56.5 Å². The molecule has 6 amide bonds. The van der Waals surface area contributed by atoms with Gasteiger partial charge in [0.25, 0.3) is 0 Å². The maximum Gasteiger partial charge on any atom is 0.411 e. The van der Waals surface area contributed by atoms with E-state index in [0.717, 1.165) is 46.4 Å². The van der Waals surface area contributed by atoms with Gasteiger partial charge >= 0.3 is 12.2 Å². The number of piperazine rings is 2. The fraction of sp³-hybridized carbons (Fsp3) is 0.448. The third-order valence-corrected chi connectivity index (χ3v) is 13.2. The molecule has 0 bridgehead atoms. The second kappa shape index (κ2) is 26.5. The van der Waals surface area contributed by atoms with Crippen LogP contribution in [0, 0.1) is 29.2 Å². The Balaban J connectivity index is 0.000000265. The molecule has 5 N–H and O–H groups in total. The summed E-state index contributed by atoms with van der Waals surface area (Å²) in [6.07, 6.45) is -3.69. The van der Waals surface area contributed by atoms with E-state index in [1.807, 2.05) is 60.7 Å². The minimum atomic E-state index is -1.72. The molecule has 426 valence electrons. The SMILES string of the molecule is C=CCN1CC(C(=O)NC(Cc2cc(F)cc(F)c2)[C@H](O)[C@H]2C(=O)N(Cc3ccccc3)CCN2C(=O)OC(C)(C)C)CC1=O.CC(C)(C)OC(=O)N1CCN(Cc2ccccc2)C(=O)[C@@H]1[C@@H](O)C(N)Cc1cc(F)cc(F)c1. The second-order valence-electron chi connectivity index (χ2n) is 21.9. The fourth-order valence-electron chi connectivity index (χ4n) is 9.63. The van der Waals surface area contributed by atoms with Crippen LogP contribution in [0.5, 0.6) is 0 Å². The van der Waals surface area contributed by atoms with E-state index in [-0.39, 0.29) is 82.1 Å². The van der Waals surface area contributed by atoms with Gasteiger partial charge in [-0.05, 0) is 101 Å². The first kappa shape index (κ1) is 60.9. The maximum atomic E-state index is 14.2. The van der Waals surface area contributed by atoms with Gasteiger partial charge in [0.15, 0.2) is 0 Å². The molecule has 3 fully saturated rings. The van der Waals surface area contributed by atoms with Gasteiger partial charge in [-0.1, -0.05) is 66.7 Å². The molecular formula is C58H71F4N7O10. The highest BCUT2D eigenvalue weighted by Gasteiger charge is 2.48. The zero-order chi connectivity index (χ0) is 57.9. The lowest BCUT2D eigenvalue weighted by Crippen LogP contribution is -2.66. The van der Waals surface area contributed by atoms with Gasteiger partial charge in [-0.2, -0.15) is 0 Å². The van der Waals surface area contributed by atoms with Gasteiger partial charge in [0, 0.05) is 77.0 Å². The lowest BCUT2D eigenvalue weighted by atomic mass is 9.92. The lowest BCUT2D eigenvalue weighted by Gasteiger charge is -2.44. The van der Waals surface area contributed by atoms with Gasteiger partial charge in [0.05, 0.1) is 18.1 Å². The van der Waals surface area contributed by atoms with E-state index in [2.05, 4.69) is 11.9 Å². The number of benzene rings is 4. The largest absolute Gasteiger partial charge is 0.444 e. The number of carbonyl (C=O) groups excluding carboxylic acids is 6. The molecule has 79 heavy (non-hydrogen) atoms. The van der Waals surface area contributed by atoms with Crippen molar-refractivity contribution >= 4 is 35.8 Å². The van der Waals surface area contributed by atoms with Crippen molar-refractivity contribution in [3.63, 3.8) is 0 Å². The van der Waals surface area contributed by atoms with Crippen molar-refractivity contribution in [2.75, 3.05) is 39.3 Å². The molecule has 0 aliphatic carbocycles. The number of hydrogen-bond acceptors (Lipinski definition) is 11. The summed E-state index contributed by atoms with van der Waals surface area (Å²) in [5.41, 5.74) is 6.55. The van der Waals surface area contributed by atoms with Crippen LogP contribution in [-0.2, 0) is 54.6 Å². The first-order chi connectivity index (χ1) is 37.2. The van der Waals surface area contributed by atoms with Crippen LogP contribution in [0.25, 0.3) is 0 Å². The van der Waals surface area contributed by atoms with Crippen molar-refractivity contribution in [3.05, 3.63) is 155 Å². The van der Waals surface area contributed by atoms with Gasteiger partial charge in [-0.25, -0.2) is 27.2 Å². The third kappa shape index (κ3) is 17.1. The standard InChI is InChI=1S/C33H40F2N4O6.C25H31F2N3O4/c1-5-11-37-20-23(17-27(37)40)30(42)36-26(16-22-14-24(34)18-25(35)15-22)29(41)28-31(43)38(19-21-9-7-6-8-10-21)12-13-39(28)32(44)45-33(2,3)4;1-25(2,3)34-24(33)30-10-9-29(15-16-7-5-4-6-8-16)23(32)21(30)22(31)20(28)13-17-11-18(26)14-19(27)12-17/h5-10,14-15,18,23,26,28-29,41H,1,11-13,16-17,19-20H2,2-4H3,(H,36,42);4-8,11-12,14,20-22,31H,9-10,13,15,28H2,1-3H3/t23?,26?,28-,29-;20?,21-,22-/m00/s1. The molecule has 3 unspecified atom stereocenters. The summed E-state index contributed by atoms with van der Waals surface area (Å²) >= 11 is 0. The molecule has 4 aromatic rings. The highest BCUT2D eigenvalue weighted by molar-refractivity contribution is 5.91. The Morgan fingerprint density at radius 1 is 0.646 bits per heavy atom. The summed E-state index contributed by atoms with van der Waals surface area (Å²) < 4.78 is 66.6. The van der Waals surface area contributed by atoms with E-state index in [1.165, 1.54) is 14.7 Å². The van der Waals surface area contributed by atoms with Crippen molar-refractivity contribution in [3.8, 4) is 0 Å². The second-order valence-corrected chi connectivity index (χ2v) is 21.9. The molecule has 0 radical (unpaired) electrons. The number of likely N-dealkylation sites (tertiary alicyclic amines) is 1. The Morgan fingerprint density at radius 3 is 1.48 bits per heavy atom. The number of carbonyl (C=O) groups is 6. The normalized spacial score (nSPS) is 19.5. The average molecular weight is 1100 g/mol. The summed E-state index contributed by atoms with van der Waals surface area (Å²) in [5, 5.41) is 25.7. The number of aliphatic hydroxyl groups is 2. The first-order valence-electron chi connectivity index (χ1n) is 26.1. The summed E-state index contributed by atoms with van der Waals surface area (Å²) in [6.45, 7) is 15.2. The molecular weight excluding hydrogens is 1030 g/mol. The predicted molar refractivity (Wildman–Crippen MR) is 284 cm³/mol. The molecule has 3 aliphatic heterocycles. The average Bonchev–Trinajstić information content (AvgIpc) is 3.87. The van der Waals surface area contributed by atoms with Gasteiger partial charge in [0.1, 0.15) is 52.7 Å². The van der Waals surface area contributed by atoms with Crippen LogP contribution in [0.2, 0.25) is 0 Å². The Hall–Kier alpha value is -7.36. The number of nitrogens with one attached hydrogen (secondary N) is 1. The number of ether oxygens (including phenoxy) is 2. The Labute approximate surface area is 457 Å². The number of halogens is 4. The number of hydrogen-bond donors (Lipinski definition) is 4. The Bertz CT molecular complexity index is 2760. The molecule has 17 nitrogen and oxygen atoms in total. The zero-order valence-corrected chi connectivity index (χ0v) is 45.3. The molecule has 3 heterocycles. The van der Waals surface area contributed by atoms with Crippen molar-refractivity contribution in [1.29, 1.82) is 0 Å². The number of amides is 6. The Morgan fingerprint density at radius 2 is 1.06 bits per heavy atom. The number of nitrogens with two attached hydrogens (primary N) is 1. The van der Waals surface area contributed by atoms with Crippen molar-refractivity contribution in [1.82, 2.24) is 29.8 Å². The van der Waals surface area contributed by atoms with Gasteiger partial charge < -0.3 is 45.4 Å². The predicted octanol–water partition coefficient (Wildman–Crippen LogP) is 5.88. The van der Waals surface area contributed by atoms with Crippen molar-refractivity contribution < 1.29 is 66.0 Å². The highest BCUT2D eigenvalue weighted by atomic mass is 19.1. The van der Waals surface area contributed by atoms with Crippen molar-refractivity contribution in [2.45, 2.75) is 121 Å². The van der Waals surface area contributed by atoms with Gasteiger partial charge in [0.2, 0.25) is 23.6 Å². The molecule has 0 spiro atoms. The third-order valence-electron chi connectivity index (χ3n) is 13.2. The molecule has 7 rings (SSSR count). The zero-order valence-electron chi connectivity index (χ0n) is 45.3. The number of nitrogens with zero attached hydrogens (tertiary/aromatic N) is 5. The van der Waals surface area contributed by atoms with Crippen LogP contribution in [0.4, 0.5) is 27.2 Å². The quantitative estimate of drug-likeness (QED) is 0.0768. The summed E-state index contributed by atoms with van der Waals surface area (Å²) in [4.78, 5) is 86.5. The topological polar surface area (TPSA) is 216 Å². The van der Waals surface area contributed by atoms with Crippen LogP contribution in [-0.4, -0.2) is 157 Å². The van der Waals surface area contributed by atoms with Crippen LogP contribution >= 0.6 is 0 Å². The molecule has 0 aromatic heterocycles. The van der Waals surface area contributed by atoms with E-state index in [4.69, 9.17) is 15.2 Å². The minimum absolute atomic E-state index is 0.0259. The smallest absolute Gasteiger partial charge is 0.411 e. The maximum absolute atomic E-state index is 14.2. The van der Waals surface area contributed by atoms with Crippen molar-refractivity contribution in [2.24, 2.45) is 11.7 Å². The molecule has 7 atom stereocenters. The van der Waals surface area contributed by atoms with Crippen LogP contribution < -0.4 is 11.1 Å². The summed E-state index contributed by atoms with van der Waals surface area (Å²) in [6, 6.07) is 19.2. The summed E-state index contributed by atoms with van der Waals surface area (Å²) in [7, 11) is 0. The molecule has 21 heteroatoms. The number of rotatable bonds is 16. The fourth-order valence-corrected chi connectivity index (χ4v) is 9.63. The van der Waals surface area contributed by atoms with Gasteiger partial charge in [-0.3, -0.25) is 29.0 Å². The molecule has 3 aliphatic rings.